The van der Waals surface area contributed by atoms with Gasteiger partial charge >= 0.3 is 0 Å². The van der Waals surface area contributed by atoms with Gasteiger partial charge in [0.2, 0.25) is 11.9 Å². The van der Waals surface area contributed by atoms with Crippen LogP contribution in [0.2, 0.25) is 0 Å². The van der Waals surface area contributed by atoms with Crippen LogP contribution in [0.3, 0.4) is 0 Å². The summed E-state index contributed by atoms with van der Waals surface area (Å²) in [5.74, 6) is 1.89. The fourth-order valence-electron chi connectivity index (χ4n) is 4.82. The lowest BCUT2D eigenvalue weighted by atomic mass is 10.2. The Bertz CT molecular complexity index is 1340. The molecule has 11 heteroatoms. The molecule has 0 bridgehead atoms. The molecular weight excluding hydrogens is 456 g/mol. The second kappa shape index (κ2) is 9.67. The van der Waals surface area contributed by atoms with E-state index in [9.17, 15) is 0 Å². The van der Waals surface area contributed by atoms with Crippen LogP contribution in [0.5, 0.6) is 0 Å². The summed E-state index contributed by atoms with van der Waals surface area (Å²) in [7, 11) is 0. The van der Waals surface area contributed by atoms with Crippen LogP contribution in [0.4, 0.5) is 17.7 Å². The first-order chi connectivity index (χ1) is 17.7. The lowest BCUT2D eigenvalue weighted by Gasteiger charge is -2.34. The molecule has 4 aromatic heterocycles. The minimum absolute atomic E-state index is 0.235. The third kappa shape index (κ3) is 4.31. The molecular formula is C25H30N10O. The van der Waals surface area contributed by atoms with Gasteiger partial charge in [-0.25, -0.2) is 19.9 Å². The average Bonchev–Trinajstić information content (AvgIpc) is 3.38. The van der Waals surface area contributed by atoms with Crippen molar-refractivity contribution in [3.63, 3.8) is 0 Å². The number of aromatic nitrogens is 6. The van der Waals surface area contributed by atoms with Gasteiger partial charge in [-0.05, 0) is 18.7 Å². The number of nitrogens with two attached hydrogens (primary N) is 1. The normalized spacial score (nSPS) is 17.1. The Hall–Kier alpha value is -3.83. The van der Waals surface area contributed by atoms with E-state index in [2.05, 4.69) is 47.2 Å². The van der Waals surface area contributed by atoms with E-state index in [1.54, 1.807) is 12.4 Å². The third-order valence-electron chi connectivity index (χ3n) is 6.92. The third-order valence-corrected chi connectivity index (χ3v) is 6.92. The molecule has 0 atom stereocenters. The highest BCUT2D eigenvalue weighted by atomic mass is 16.5. The van der Waals surface area contributed by atoms with Crippen molar-refractivity contribution in [3.05, 3.63) is 43.0 Å². The first kappa shape index (κ1) is 22.6. The van der Waals surface area contributed by atoms with E-state index in [0.29, 0.717) is 19.2 Å². The fourth-order valence-corrected chi connectivity index (χ4v) is 4.82. The number of morpholine rings is 1. The van der Waals surface area contributed by atoms with Crippen molar-refractivity contribution in [3.8, 4) is 16.9 Å². The number of hydrogen-bond donors (Lipinski definition) is 1. The van der Waals surface area contributed by atoms with E-state index in [1.807, 2.05) is 24.5 Å². The standard InChI is InChI=1S/C25H30N10O/c1-2-32-7-9-33(10-8-32)21-15-19(3-5-27-21)35-6-4-20-22(18-16-28-24(26)29-17-18)30-25(31-23(20)35)34-11-13-36-14-12-34/h3-6,15-17H,2,7-14H2,1H3,(H2,26,28,29). The molecule has 2 fully saturated rings. The smallest absolute Gasteiger partial charge is 0.228 e. The van der Waals surface area contributed by atoms with Crippen LogP contribution < -0.4 is 15.5 Å². The summed E-state index contributed by atoms with van der Waals surface area (Å²) in [6, 6.07) is 6.21. The number of anilines is 3. The van der Waals surface area contributed by atoms with Gasteiger partial charge in [-0.2, -0.15) is 4.98 Å². The number of ether oxygens (including phenoxy) is 1. The second-order valence-electron chi connectivity index (χ2n) is 9.02. The van der Waals surface area contributed by atoms with Crippen molar-refractivity contribution in [1.82, 2.24) is 34.4 Å². The van der Waals surface area contributed by atoms with Crippen molar-refractivity contribution in [2.24, 2.45) is 0 Å². The van der Waals surface area contributed by atoms with Crippen LogP contribution >= 0.6 is 0 Å². The second-order valence-corrected chi connectivity index (χ2v) is 9.02. The summed E-state index contributed by atoms with van der Waals surface area (Å²) < 4.78 is 7.66. The van der Waals surface area contributed by atoms with Crippen LogP contribution in [-0.2, 0) is 4.74 Å². The van der Waals surface area contributed by atoms with Gasteiger partial charge in [-0.3, -0.25) is 0 Å². The Kier molecular flexibility index (Phi) is 6.08. The van der Waals surface area contributed by atoms with E-state index in [0.717, 1.165) is 79.6 Å². The minimum Gasteiger partial charge on any atom is -0.378 e. The van der Waals surface area contributed by atoms with Crippen molar-refractivity contribution in [2.45, 2.75) is 6.92 Å². The van der Waals surface area contributed by atoms with E-state index < -0.39 is 0 Å². The number of nitrogens with zero attached hydrogens (tertiary/aromatic N) is 9. The lowest BCUT2D eigenvalue weighted by Crippen LogP contribution is -2.46. The van der Waals surface area contributed by atoms with Crippen LogP contribution in [0.25, 0.3) is 28.0 Å². The van der Waals surface area contributed by atoms with Gasteiger partial charge in [-0.1, -0.05) is 6.92 Å². The Morgan fingerprint density at radius 2 is 1.69 bits per heavy atom. The molecule has 0 radical (unpaired) electrons. The van der Waals surface area contributed by atoms with Gasteiger partial charge in [0.25, 0.3) is 0 Å². The minimum atomic E-state index is 0.235. The summed E-state index contributed by atoms with van der Waals surface area (Å²) >= 11 is 0. The molecule has 0 aromatic carbocycles. The average molecular weight is 487 g/mol. The molecule has 2 saturated heterocycles. The highest BCUT2D eigenvalue weighted by Gasteiger charge is 2.21. The van der Waals surface area contributed by atoms with Crippen LogP contribution in [0, 0.1) is 0 Å². The van der Waals surface area contributed by atoms with Crippen molar-refractivity contribution < 1.29 is 4.74 Å². The molecule has 186 valence electrons. The number of likely N-dealkylation sites (N-methyl/N-ethyl adjacent to an activating group) is 1. The molecule has 2 aliphatic rings. The molecule has 2 aliphatic heterocycles. The van der Waals surface area contributed by atoms with Gasteiger partial charge in [0.1, 0.15) is 5.82 Å². The van der Waals surface area contributed by atoms with Crippen molar-refractivity contribution in [1.29, 1.82) is 0 Å². The predicted octanol–water partition coefficient (Wildman–Crippen LogP) is 1.83. The maximum absolute atomic E-state index is 5.74. The molecule has 0 spiro atoms. The Morgan fingerprint density at radius 1 is 0.917 bits per heavy atom. The molecule has 6 rings (SSSR count). The molecule has 6 heterocycles. The summed E-state index contributed by atoms with van der Waals surface area (Å²) in [4.78, 5) is 30.0. The number of fused-ring (bicyclic) bond motifs is 1. The predicted molar refractivity (Wildman–Crippen MR) is 139 cm³/mol. The Labute approximate surface area is 209 Å². The van der Waals surface area contributed by atoms with E-state index in [4.69, 9.17) is 20.4 Å². The van der Waals surface area contributed by atoms with E-state index in [1.165, 1.54) is 0 Å². The summed E-state index contributed by atoms with van der Waals surface area (Å²) in [6.45, 7) is 10.1. The summed E-state index contributed by atoms with van der Waals surface area (Å²) in [5, 5.41) is 0.926. The van der Waals surface area contributed by atoms with E-state index in [-0.39, 0.29) is 5.95 Å². The molecule has 0 amide bonds. The Morgan fingerprint density at radius 3 is 2.44 bits per heavy atom. The van der Waals surface area contributed by atoms with Gasteiger partial charge in [0.05, 0.1) is 24.6 Å². The zero-order valence-electron chi connectivity index (χ0n) is 20.4. The zero-order valence-corrected chi connectivity index (χ0v) is 20.4. The van der Waals surface area contributed by atoms with Crippen LogP contribution in [-0.4, -0.2) is 93.4 Å². The highest BCUT2D eigenvalue weighted by molar-refractivity contribution is 5.92. The summed E-state index contributed by atoms with van der Waals surface area (Å²) in [5.41, 5.74) is 9.16. The fraction of sp³-hybridized carbons (Fsp3) is 0.400. The molecule has 2 N–H and O–H groups in total. The van der Waals surface area contributed by atoms with Crippen LogP contribution in [0.1, 0.15) is 6.92 Å². The number of hydrogen-bond acceptors (Lipinski definition) is 10. The quantitative estimate of drug-likeness (QED) is 0.448. The SMILES string of the molecule is CCN1CCN(c2cc(-n3ccc4c(-c5cnc(N)nc5)nc(N5CCOCC5)nc43)ccn2)CC1. The summed E-state index contributed by atoms with van der Waals surface area (Å²) in [6.07, 6.45) is 7.34. The first-order valence-electron chi connectivity index (χ1n) is 12.4. The molecule has 11 nitrogen and oxygen atoms in total. The van der Waals surface area contributed by atoms with Crippen molar-refractivity contribution in [2.75, 3.05) is 74.6 Å². The van der Waals surface area contributed by atoms with E-state index >= 15 is 0 Å². The highest BCUT2D eigenvalue weighted by Crippen LogP contribution is 2.31. The zero-order chi connectivity index (χ0) is 24.5. The van der Waals surface area contributed by atoms with Gasteiger partial charge in [-0.15, -0.1) is 0 Å². The lowest BCUT2D eigenvalue weighted by molar-refractivity contribution is 0.122. The Balaban J connectivity index is 1.43. The molecule has 0 unspecified atom stereocenters. The monoisotopic (exact) mass is 486 g/mol. The number of rotatable bonds is 5. The molecule has 0 aliphatic carbocycles. The topological polar surface area (TPSA) is 114 Å². The largest absolute Gasteiger partial charge is 0.378 e. The molecule has 0 saturated carbocycles. The van der Waals surface area contributed by atoms with Crippen LogP contribution in [0.15, 0.2) is 43.0 Å². The van der Waals surface area contributed by atoms with Gasteiger partial charge in [0, 0.05) is 81.1 Å². The number of nitrogen functional groups attached to an aromatic ring is 1. The number of piperazine rings is 1. The molecule has 36 heavy (non-hydrogen) atoms. The van der Waals surface area contributed by atoms with Gasteiger partial charge in [0.15, 0.2) is 5.65 Å². The molecule has 4 aromatic rings. The maximum Gasteiger partial charge on any atom is 0.228 e. The maximum atomic E-state index is 5.74. The first-order valence-corrected chi connectivity index (χ1v) is 12.4. The van der Waals surface area contributed by atoms with Crippen molar-refractivity contribution >= 4 is 28.7 Å². The number of pyridine rings is 1. The van der Waals surface area contributed by atoms with Gasteiger partial charge < -0.3 is 29.7 Å².